The highest BCUT2D eigenvalue weighted by atomic mass is 32.1. The first-order chi connectivity index (χ1) is 14.8. The van der Waals surface area contributed by atoms with Crippen LogP contribution in [0.1, 0.15) is 44.1 Å². The minimum atomic E-state index is 0.153. The molecule has 2 aromatic rings. The van der Waals surface area contributed by atoms with E-state index in [-0.39, 0.29) is 5.81 Å². The fourth-order valence-corrected chi connectivity index (χ4v) is 5.00. The minimum Gasteiger partial charge on any atom is -0.494 e. The third-order valence-corrected chi connectivity index (χ3v) is 6.95. The summed E-state index contributed by atoms with van der Waals surface area (Å²) in [5, 5.41) is 7.78. The van der Waals surface area contributed by atoms with Gasteiger partial charge in [0.05, 0.1) is 11.5 Å². The molecule has 1 aliphatic carbocycles. The first-order valence-corrected chi connectivity index (χ1v) is 12.1. The number of ether oxygens (including phenoxy) is 1. The molecule has 1 saturated carbocycles. The van der Waals surface area contributed by atoms with Crippen molar-refractivity contribution in [2.24, 2.45) is 5.92 Å². The summed E-state index contributed by atoms with van der Waals surface area (Å²) in [4.78, 5) is 17.6. The van der Waals surface area contributed by atoms with Crippen LogP contribution in [-0.2, 0) is 6.54 Å². The predicted octanol–water partition coefficient (Wildman–Crippen LogP) is 2.89. The van der Waals surface area contributed by atoms with Crippen molar-refractivity contribution < 1.29 is 9.53 Å². The lowest BCUT2D eigenvalue weighted by molar-refractivity contribution is 0.148. The molecule has 0 N–H and O–H groups in total. The lowest BCUT2D eigenvalue weighted by Crippen LogP contribution is -2.50. The van der Waals surface area contributed by atoms with E-state index in [1.165, 1.54) is 55.4 Å². The standard InChI is InChI=1S/C22H31BN4O2S/c28-22(23-21-25-24-17-30-21)27-12-10-26(11-13-27)16-19-7-4-8-20(15-19)29-14-9-18-5-2-1-3-6-18/h4,7-8,15,17-18,23H,1-3,5-6,9-14,16H2. The van der Waals surface area contributed by atoms with Crippen LogP contribution in [0.4, 0.5) is 4.79 Å². The van der Waals surface area contributed by atoms with Crippen LogP contribution in [0.15, 0.2) is 29.8 Å². The molecule has 6 nitrogen and oxygen atoms in total. The van der Waals surface area contributed by atoms with Crippen LogP contribution in [0.2, 0.25) is 0 Å². The molecule has 0 unspecified atom stereocenters. The van der Waals surface area contributed by atoms with E-state index >= 15 is 0 Å². The minimum absolute atomic E-state index is 0.153. The van der Waals surface area contributed by atoms with Gasteiger partial charge < -0.3 is 9.64 Å². The van der Waals surface area contributed by atoms with E-state index in [1.807, 2.05) is 4.90 Å². The highest BCUT2D eigenvalue weighted by molar-refractivity contribution is 7.21. The molecule has 0 bridgehead atoms. The fourth-order valence-electron chi connectivity index (χ4n) is 4.48. The number of hydrogen-bond donors (Lipinski definition) is 0. The van der Waals surface area contributed by atoms with Crippen molar-refractivity contribution in [3.63, 3.8) is 0 Å². The molecule has 8 heteroatoms. The van der Waals surface area contributed by atoms with Gasteiger partial charge in [0, 0.05) is 32.7 Å². The van der Waals surface area contributed by atoms with Crippen LogP contribution >= 0.6 is 11.3 Å². The van der Waals surface area contributed by atoms with Gasteiger partial charge in [0.25, 0.3) is 0 Å². The van der Waals surface area contributed by atoms with E-state index < -0.39 is 0 Å². The predicted molar refractivity (Wildman–Crippen MR) is 122 cm³/mol. The number of amides is 1. The molecule has 1 aliphatic heterocycles. The Kier molecular flexibility index (Phi) is 7.75. The van der Waals surface area contributed by atoms with Gasteiger partial charge in [-0.1, -0.05) is 44.2 Å². The first kappa shape index (κ1) is 21.3. The van der Waals surface area contributed by atoms with Gasteiger partial charge in [0.15, 0.2) is 5.81 Å². The first-order valence-electron chi connectivity index (χ1n) is 11.2. The van der Waals surface area contributed by atoms with E-state index in [0.29, 0.717) is 7.28 Å². The van der Waals surface area contributed by atoms with E-state index in [1.54, 1.807) is 5.51 Å². The third-order valence-electron chi connectivity index (χ3n) is 6.26. The number of nitrogens with zero attached hydrogens (tertiary/aromatic N) is 4. The van der Waals surface area contributed by atoms with Crippen molar-refractivity contribution in [1.29, 1.82) is 0 Å². The lowest BCUT2D eigenvalue weighted by atomic mass is 9.78. The SMILES string of the molecule is O=C(Bc1nncs1)N1CCN(Cc2cccc(OCCC3CCCCC3)c2)CC1. The number of piperazine rings is 1. The van der Waals surface area contributed by atoms with Crippen LogP contribution in [-0.4, -0.2) is 65.9 Å². The highest BCUT2D eigenvalue weighted by Crippen LogP contribution is 2.26. The summed E-state index contributed by atoms with van der Waals surface area (Å²) >= 11 is 1.44. The summed E-state index contributed by atoms with van der Waals surface area (Å²) in [7, 11) is 0.366. The van der Waals surface area contributed by atoms with Gasteiger partial charge in [0.2, 0.25) is 0 Å². The summed E-state index contributed by atoms with van der Waals surface area (Å²) in [6, 6.07) is 8.50. The van der Waals surface area contributed by atoms with Crippen LogP contribution in [0.3, 0.4) is 0 Å². The third kappa shape index (κ3) is 6.28. The van der Waals surface area contributed by atoms with Gasteiger partial charge in [-0.25, -0.2) is 0 Å². The smallest absolute Gasteiger partial charge is 0.306 e. The number of benzene rings is 1. The van der Waals surface area contributed by atoms with E-state index in [0.717, 1.165) is 55.9 Å². The molecule has 160 valence electrons. The number of carbonyl (C=O) groups is 1. The summed E-state index contributed by atoms with van der Waals surface area (Å²) in [6.07, 6.45) is 8.11. The average molecular weight is 426 g/mol. The molecule has 30 heavy (non-hydrogen) atoms. The lowest BCUT2D eigenvalue weighted by Gasteiger charge is -2.34. The monoisotopic (exact) mass is 426 g/mol. The van der Waals surface area contributed by atoms with E-state index in [2.05, 4.69) is 39.4 Å². The second-order valence-corrected chi connectivity index (χ2v) is 9.37. The number of rotatable bonds is 8. The molecule has 1 aromatic heterocycles. The topological polar surface area (TPSA) is 58.6 Å². The Bertz CT molecular complexity index is 790. The fraction of sp³-hybridized carbons (Fsp3) is 0.591. The molecule has 4 rings (SSSR count). The van der Waals surface area contributed by atoms with Gasteiger partial charge in [-0.05, 0) is 30.0 Å². The van der Waals surface area contributed by atoms with Crippen molar-refractivity contribution in [1.82, 2.24) is 20.0 Å². The van der Waals surface area contributed by atoms with Crippen LogP contribution < -0.4 is 9.64 Å². The molecule has 1 saturated heterocycles. The Labute approximate surface area is 183 Å². The zero-order valence-corrected chi connectivity index (χ0v) is 18.5. The summed E-state index contributed by atoms with van der Waals surface area (Å²) < 4.78 is 6.06. The van der Waals surface area contributed by atoms with Gasteiger partial charge in [-0.3, -0.25) is 9.69 Å². The average Bonchev–Trinajstić information content (AvgIpc) is 3.28. The molecule has 0 radical (unpaired) electrons. The number of aromatic nitrogens is 2. The second kappa shape index (κ2) is 10.9. The Morgan fingerprint density at radius 2 is 2.00 bits per heavy atom. The maximum atomic E-state index is 12.4. The van der Waals surface area contributed by atoms with Gasteiger partial charge >= 0.3 is 7.28 Å². The number of carbonyl (C=O) groups excluding carboxylic acids is 1. The maximum absolute atomic E-state index is 12.4. The zero-order chi connectivity index (χ0) is 20.6. The molecule has 2 aliphatic rings. The van der Waals surface area contributed by atoms with Crippen molar-refractivity contribution in [2.45, 2.75) is 45.1 Å². The molecule has 2 fully saturated rings. The zero-order valence-electron chi connectivity index (χ0n) is 17.7. The van der Waals surface area contributed by atoms with Crippen molar-refractivity contribution in [3.05, 3.63) is 35.3 Å². The molecule has 1 amide bonds. The highest BCUT2D eigenvalue weighted by Gasteiger charge is 2.23. The van der Waals surface area contributed by atoms with Crippen LogP contribution in [0.25, 0.3) is 0 Å². The summed E-state index contributed by atoms with van der Waals surface area (Å²) in [6.45, 7) is 5.06. The van der Waals surface area contributed by atoms with E-state index in [9.17, 15) is 4.79 Å². The Morgan fingerprint density at radius 1 is 1.17 bits per heavy atom. The van der Waals surface area contributed by atoms with Crippen molar-refractivity contribution in [3.8, 4) is 5.75 Å². The normalized spacial score (nSPS) is 18.3. The Hall–Kier alpha value is -1.93. The van der Waals surface area contributed by atoms with Crippen molar-refractivity contribution in [2.75, 3.05) is 32.8 Å². The summed E-state index contributed by atoms with van der Waals surface area (Å²) in [5.74, 6) is 1.99. The summed E-state index contributed by atoms with van der Waals surface area (Å²) in [5.41, 5.74) is 2.95. The quantitative estimate of drug-likeness (QED) is 0.608. The Morgan fingerprint density at radius 3 is 2.77 bits per heavy atom. The molecule has 0 spiro atoms. The Balaban J connectivity index is 1.19. The molecule has 2 heterocycles. The second-order valence-electron chi connectivity index (χ2n) is 8.45. The molecular formula is C22H31BN4O2S. The molecule has 1 aromatic carbocycles. The van der Waals surface area contributed by atoms with Crippen molar-refractivity contribution >= 4 is 29.3 Å². The largest absolute Gasteiger partial charge is 0.494 e. The van der Waals surface area contributed by atoms with Crippen LogP contribution in [0.5, 0.6) is 5.75 Å². The number of hydrogen-bond acceptors (Lipinski definition) is 6. The molecule has 0 atom stereocenters. The molecular weight excluding hydrogens is 395 g/mol. The van der Waals surface area contributed by atoms with Gasteiger partial charge in [-0.2, -0.15) is 5.10 Å². The van der Waals surface area contributed by atoms with Gasteiger partial charge in [-0.15, -0.1) is 16.4 Å². The van der Waals surface area contributed by atoms with Gasteiger partial charge in [0.1, 0.15) is 11.3 Å². The van der Waals surface area contributed by atoms with E-state index in [4.69, 9.17) is 4.74 Å². The van der Waals surface area contributed by atoms with Crippen LogP contribution in [0, 0.1) is 5.92 Å². The maximum Gasteiger partial charge on any atom is 0.306 e.